The Morgan fingerprint density at radius 2 is 2.24 bits per heavy atom. The van der Waals surface area contributed by atoms with Crippen LogP contribution in [0, 0.1) is 13.8 Å². The molecule has 0 saturated carbocycles. The van der Waals surface area contributed by atoms with Crippen LogP contribution >= 0.6 is 0 Å². The number of rotatable bonds is 4. The molecule has 2 rings (SSSR count). The van der Waals surface area contributed by atoms with Crippen LogP contribution < -0.4 is 0 Å². The summed E-state index contributed by atoms with van der Waals surface area (Å²) in [5.74, 6) is 1.72. The van der Waals surface area contributed by atoms with Gasteiger partial charge in [0.05, 0.1) is 12.2 Å². The third-order valence-electron chi connectivity index (χ3n) is 3.62. The van der Waals surface area contributed by atoms with Gasteiger partial charge in [-0.2, -0.15) is 0 Å². The lowest BCUT2D eigenvalue weighted by Crippen LogP contribution is -2.39. The fraction of sp³-hybridized carbons (Fsp3) is 0.769. The first-order valence-corrected chi connectivity index (χ1v) is 6.48. The first kappa shape index (κ1) is 12.6. The number of piperidine rings is 1. The maximum atomic E-state index is 9.08. The van der Waals surface area contributed by atoms with E-state index in [-0.39, 0.29) is 6.61 Å². The van der Waals surface area contributed by atoms with Crippen LogP contribution in [-0.2, 0) is 6.54 Å². The van der Waals surface area contributed by atoms with Crippen LogP contribution in [0.1, 0.15) is 43.0 Å². The summed E-state index contributed by atoms with van der Waals surface area (Å²) in [6, 6.07) is 0.487. The van der Waals surface area contributed by atoms with Gasteiger partial charge in [-0.3, -0.25) is 4.90 Å². The van der Waals surface area contributed by atoms with Crippen LogP contribution in [0.15, 0.2) is 4.42 Å². The van der Waals surface area contributed by atoms with Gasteiger partial charge in [0.1, 0.15) is 5.76 Å². The molecule has 0 spiro atoms. The Kier molecular flexibility index (Phi) is 4.18. The third kappa shape index (κ3) is 3.07. The zero-order valence-electron chi connectivity index (χ0n) is 10.8. The van der Waals surface area contributed by atoms with Crippen molar-refractivity contribution in [1.29, 1.82) is 0 Å². The second kappa shape index (κ2) is 5.65. The summed E-state index contributed by atoms with van der Waals surface area (Å²) in [5.41, 5.74) is 0.982. The number of hydrogen-bond donors (Lipinski definition) is 1. The summed E-state index contributed by atoms with van der Waals surface area (Å²) in [5, 5.41) is 9.08. The van der Waals surface area contributed by atoms with Crippen molar-refractivity contribution in [1.82, 2.24) is 9.88 Å². The highest BCUT2D eigenvalue weighted by Crippen LogP contribution is 2.22. The second-order valence-corrected chi connectivity index (χ2v) is 4.88. The summed E-state index contributed by atoms with van der Waals surface area (Å²) in [7, 11) is 0. The molecule has 0 aliphatic carbocycles. The van der Waals surface area contributed by atoms with Gasteiger partial charge in [0.2, 0.25) is 5.89 Å². The molecule has 1 aromatic rings. The van der Waals surface area contributed by atoms with E-state index in [4.69, 9.17) is 9.52 Å². The Labute approximate surface area is 103 Å². The van der Waals surface area contributed by atoms with Crippen molar-refractivity contribution in [2.24, 2.45) is 0 Å². The summed E-state index contributed by atoms with van der Waals surface area (Å²) in [6.07, 6.45) is 4.54. The van der Waals surface area contributed by atoms with Gasteiger partial charge in [0.15, 0.2) is 0 Å². The SMILES string of the molecule is Cc1nc(CN2CCCCC2CCO)oc1C. The number of oxazole rings is 1. The smallest absolute Gasteiger partial charge is 0.208 e. The van der Waals surface area contributed by atoms with Crippen LogP contribution in [0.3, 0.4) is 0 Å². The number of aromatic nitrogens is 1. The normalized spacial score (nSPS) is 21.9. The van der Waals surface area contributed by atoms with E-state index in [1.165, 1.54) is 19.3 Å². The molecule has 2 heterocycles. The second-order valence-electron chi connectivity index (χ2n) is 4.88. The fourth-order valence-corrected chi connectivity index (χ4v) is 2.52. The van der Waals surface area contributed by atoms with Crippen molar-refractivity contribution >= 4 is 0 Å². The molecule has 1 fully saturated rings. The molecular weight excluding hydrogens is 216 g/mol. The van der Waals surface area contributed by atoms with Gasteiger partial charge in [0, 0.05) is 12.6 Å². The molecule has 1 saturated heterocycles. The minimum atomic E-state index is 0.269. The lowest BCUT2D eigenvalue weighted by Gasteiger charge is -2.34. The third-order valence-corrected chi connectivity index (χ3v) is 3.62. The van der Waals surface area contributed by atoms with E-state index in [1.54, 1.807) is 0 Å². The van der Waals surface area contributed by atoms with Gasteiger partial charge in [0.25, 0.3) is 0 Å². The number of aryl methyl sites for hydroxylation is 2. The van der Waals surface area contributed by atoms with E-state index in [0.29, 0.717) is 6.04 Å². The van der Waals surface area contributed by atoms with Gasteiger partial charge in [-0.25, -0.2) is 4.98 Å². The van der Waals surface area contributed by atoms with Crippen LogP contribution in [0.5, 0.6) is 0 Å². The van der Waals surface area contributed by atoms with E-state index < -0.39 is 0 Å². The molecule has 17 heavy (non-hydrogen) atoms. The van der Waals surface area contributed by atoms with E-state index in [1.807, 2.05) is 13.8 Å². The van der Waals surface area contributed by atoms with Gasteiger partial charge in [-0.15, -0.1) is 0 Å². The number of nitrogens with zero attached hydrogens (tertiary/aromatic N) is 2. The molecule has 4 nitrogen and oxygen atoms in total. The molecule has 1 N–H and O–H groups in total. The van der Waals surface area contributed by atoms with Gasteiger partial charge < -0.3 is 9.52 Å². The minimum Gasteiger partial charge on any atom is -0.444 e. The first-order chi connectivity index (χ1) is 8.20. The Morgan fingerprint density at radius 1 is 1.41 bits per heavy atom. The van der Waals surface area contributed by atoms with Crippen LogP contribution in [0.4, 0.5) is 0 Å². The maximum Gasteiger partial charge on any atom is 0.208 e. The number of hydrogen-bond acceptors (Lipinski definition) is 4. The Hall–Kier alpha value is -0.870. The average Bonchev–Trinajstić information content (AvgIpc) is 2.61. The molecule has 1 unspecified atom stereocenters. The lowest BCUT2D eigenvalue weighted by atomic mass is 10.00. The predicted octanol–water partition coefficient (Wildman–Crippen LogP) is 2.03. The number of likely N-dealkylation sites (tertiary alicyclic amines) is 1. The topological polar surface area (TPSA) is 49.5 Å². The highest BCUT2D eigenvalue weighted by molar-refractivity contribution is 5.05. The number of aliphatic hydroxyl groups is 1. The molecule has 1 aliphatic rings. The molecular formula is C13H22N2O2. The van der Waals surface area contributed by atoms with Gasteiger partial charge in [-0.05, 0) is 39.7 Å². The quantitative estimate of drug-likeness (QED) is 0.872. The fourth-order valence-electron chi connectivity index (χ4n) is 2.52. The summed E-state index contributed by atoms with van der Waals surface area (Å²) < 4.78 is 5.63. The molecule has 0 aromatic carbocycles. The van der Waals surface area contributed by atoms with Gasteiger partial charge >= 0.3 is 0 Å². The Bertz CT molecular complexity index is 341. The lowest BCUT2D eigenvalue weighted by molar-refractivity contribution is 0.103. The van der Waals surface area contributed by atoms with Crippen molar-refractivity contribution in [3.63, 3.8) is 0 Å². The molecule has 0 amide bonds. The first-order valence-electron chi connectivity index (χ1n) is 6.48. The molecule has 1 aliphatic heterocycles. The molecule has 4 heteroatoms. The van der Waals surface area contributed by atoms with Gasteiger partial charge in [-0.1, -0.05) is 6.42 Å². The van der Waals surface area contributed by atoms with Crippen molar-refractivity contribution in [2.45, 2.75) is 52.1 Å². The molecule has 96 valence electrons. The minimum absolute atomic E-state index is 0.269. The van der Waals surface area contributed by atoms with E-state index in [9.17, 15) is 0 Å². The molecule has 0 bridgehead atoms. The van der Waals surface area contributed by atoms with Crippen molar-refractivity contribution in [2.75, 3.05) is 13.2 Å². The van der Waals surface area contributed by atoms with E-state index in [2.05, 4.69) is 9.88 Å². The van der Waals surface area contributed by atoms with E-state index in [0.717, 1.165) is 36.9 Å². The van der Waals surface area contributed by atoms with Crippen molar-refractivity contribution in [3.8, 4) is 0 Å². The highest BCUT2D eigenvalue weighted by atomic mass is 16.4. The van der Waals surface area contributed by atoms with Crippen LogP contribution in [0.2, 0.25) is 0 Å². The number of aliphatic hydroxyl groups excluding tert-OH is 1. The average molecular weight is 238 g/mol. The molecule has 1 atom stereocenters. The van der Waals surface area contributed by atoms with E-state index >= 15 is 0 Å². The Morgan fingerprint density at radius 3 is 2.88 bits per heavy atom. The summed E-state index contributed by atoms with van der Waals surface area (Å²) >= 11 is 0. The zero-order valence-corrected chi connectivity index (χ0v) is 10.8. The van der Waals surface area contributed by atoms with Crippen LogP contribution in [0.25, 0.3) is 0 Å². The summed E-state index contributed by atoms with van der Waals surface area (Å²) in [4.78, 5) is 6.82. The zero-order chi connectivity index (χ0) is 12.3. The summed E-state index contributed by atoms with van der Waals surface area (Å²) in [6.45, 7) is 6.06. The Balaban J connectivity index is 2.00. The standard InChI is InChI=1S/C13H22N2O2/c1-10-11(2)17-13(14-10)9-15-7-4-3-5-12(15)6-8-16/h12,16H,3-9H2,1-2H3. The van der Waals surface area contributed by atoms with Crippen molar-refractivity contribution in [3.05, 3.63) is 17.3 Å². The van der Waals surface area contributed by atoms with Crippen molar-refractivity contribution < 1.29 is 9.52 Å². The van der Waals surface area contributed by atoms with Crippen LogP contribution in [-0.4, -0.2) is 34.2 Å². The molecule has 0 radical (unpaired) electrons. The maximum absolute atomic E-state index is 9.08. The molecule has 1 aromatic heterocycles. The highest BCUT2D eigenvalue weighted by Gasteiger charge is 2.23. The largest absolute Gasteiger partial charge is 0.444 e. The predicted molar refractivity (Wildman–Crippen MR) is 65.7 cm³/mol. The monoisotopic (exact) mass is 238 g/mol.